The molecule has 78 valence electrons. The SMILES string of the molecule is CCNC(c1cccnc1)c1nccs1. The van der Waals surface area contributed by atoms with Gasteiger partial charge in [-0.25, -0.2) is 4.98 Å². The van der Waals surface area contributed by atoms with Crippen LogP contribution >= 0.6 is 11.3 Å². The first kappa shape index (κ1) is 10.3. The van der Waals surface area contributed by atoms with E-state index in [0.717, 1.165) is 17.1 Å². The number of hydrogen-bond donors (Lipinski definition) is 1. The van der Waals surface area contributed by atoms with Gasteiger partial charge in [-0.2, -0.15) is 0 Å². The Bertz CT molecular complexity index is 385. The summed E-state index contributed by atoms with van der Waals surface area (Å²) < 4.78 is 0. The highest BCUT2D eigenvalue weighted by molar-refractivity contribution is 7.09. The van der Waals surface area contributed by atoms with Gasteiger partial charge in [0.1, 0.15) is 5.01 Å². The third kappa shape index (κ3) is 2.40. The largest absolute Gasteiger partial charge is 0.304 e. The molecule has 2 rings (SSSR count). The lowest BCUT2D eigenvalue weighted by atomic mass is 10.1. The van der Waals surface area contributed by atoms with Crippen LogP contribution in [0.1, 0.15) is 23.5 Å². The van der Waals surface area contributed by atoms with E-state index in [0.29, 0.717) is 0 Å². The minimum absolute atomic E-state index is 0.170. The molecule has 0 aliphatic heterocycles. The van der Waals surface area contributed by atoms with Gasteiger partial charge in [0.2, 0.25) is 0 Å². The van der Waals surface area contributed by atoms with Gasteiger partial charge >= 0.3 is 0 Å². The number of aromatic nitrogens is 2. The normalized spacial score (nSPS) is 12.6. The molecule has 0 aliphatic rings. The summed E-state index contributed by atoms with van der Waals surface area (Å²) in [6.07, 6.45) is 5.50. The molecule has 1 atom stereocenters. The second-order valence-electron chi connectivity index (χ2n) is 3.15. The topological polar surface area (TPSA) is 37.8 Å². The van der Waals surface area contributed by atoms with Crippen LogP contribution in [0.3, 0.4) is 0 Å². The van der Waals surface area contributed by atoms with Crippen LogP contribution in [0.15, 0.2) is 36.1 Å². The Kier molecular flexibility index (Phi) is 3.42. The first-order valence-corrected chi connectivity index (χ1v) is 5.82. The summed E-state index contributed by atoms with van der Waals surface area (Å²) in [5, 5.41) is 6.49. The summed E-state index contributed by atoms with van der Waals surface area (Å²) in [7, 11) is 0. The van der Waals surface area contributed by atoms with E-state index >= 15 is 0 Å². The number of rotatable bonds is 4. The van der Waals surface area contributed by atoms with Gasteiger partial charge in [-0.15, -0.1) is 11.3 Å². The number of hydrogen-bond acceptors (Lipinski definition) is 4. The molecule has 1 N–H and O–H groups in total. The number of nitrogens with one attached hydrogen (secondary N) is 1. The third-order valence-electron chi connectivity index (χ3n) is 2.12. The molecule has 0 fully saturated rings. The molecular weight excluding hydrogens is 206 g/mol. The monoisotopic (exact) mass is 219 g/mol. The Morgan fingerprint density at radius 3 is 3.00 bits per heavy atom. The fraction of sp³-hybridized carbons (Fsp3) is 0.273. The third-order valence-corrected chi connectivity index (χ3v) is 2.96. The molecule has 0 aliphatic carbocycles. The zero-order valence-electron chi connectivity index (χ0n) is 8.55. The molecule has 0 saturated heterocycles. The van der Waals surface area contributed by atoms with Crippen LogP contribution in [-0.4, -0.2) is 16.5 Å². The van der Waals surface area contributed by atoms with Gasteiger partial charge in [0.25, 0.3) is 0 Å². The van der Waals surface area contributed by atoms with E-state index in [1.807, 2.05) is 23.8 Å². The lowest BCUT2D eigenvalue weighted by Crippen LogP contribution is -2.21. The van der Waals surface area contributed by atoms with E-state index in [1.54, 1.807) is 17.5 Å². The second-order valence-corrected chi connectivity index (χ2v) is 4.07. The first-order valence-electron chi connectivity index (χ1n) is 4.94. The van der Waals surface area contributed by atoms with Gasteiger partial charge < -0.3 is 5.32 Å². The van der Waals surface area contributed by atoms with E-state index in [9.17, 15) is 0 Å². The van der Waals surface area contributed by atoms with Crippen LogP contribution in [0, 0.1) is 0 Å². The predicted octanol–water partition coefficient (Wildman–Crippen LogP) is 2.24. The zero-order valence-corrected chi connectivity index (χ0v) is 9.37. The fourth-order valence-corrected chi connectivity index (χ4v) is 2.21. The lowest BCUT2D eigenvalue weighted by Gasteiger charge is -2.14. The van der Waals surface area contributed by atoms with Crippen molar-refractivity contribution >= 4 is 11.3 Å². The number of thiazole rings is 1. The summed E-state index contributed by atoms with van der Waals surface area (Å²) in [5.41, 5.74) is 1.16. The van der Waals surface area contributed by atoms with E-state index in [4.69, 9.17) is 0 Å². The van der Waals surface area contributed by atoms with Gasteiger partial charge in [0.15, 0.2) is 0 Å². The van der Waals surface area contributed by atoms with E-state index in [-0.39, 0.29) is 6.04 Å². The van der Waals surface area contributed by atoms with Crippen LogP contribution in [0.2, 0.25) is 0 Å². The Morgan fingerprint density at radius 1 is 1.47 bits per heavy atom. The van der Waals surface area contributed by atoms with Crippen molar-refractivity contribution in [3.8, 4) is 0 Å². The Balaban J connectivity index is 2.28. The average molecular weight is 219 g/mol. The zero-order chi connectivity index (χ0) is 10.5. The smallest absolute Gasteiger partial charge is 0.114 e. The minimum atomic E-state index is 0.170. The molecule has 0 amide bonds. The molecule has 4 heteroatoms. The van der Waals surface area contributed by atoms with Gasteiger partial charge in [-0.3, -0.25) is 4.98 Å². The molecule has 0 radical (unpaired) electrons. The average Bonchev–Trinajstić information content (AvgIpc) is 2.80. The molecule has 2 aromatic heterocycles. The van der Waals surface area contributed by atoms with Gasteiger partial charge in [-0.05, 0) is 18.2 Å². The van der Waals surface area contributed by atoms with Crippen LogP contribution in [-0.2, 0) is 0 Å². The number of nitrogens with zero attached hydrogens (tertiary/aromatic N) is 2. The quantitative estimate of drug-likeness (QED) is 0.857. The summed E-state index contributed by atoms with van der Waals surface area (Å²) in [6.45, 7) is 3.01. The highest BCUT2D eigenvalue weighted by atomic mass is 32.1. The molecule has 0 aromatic carbocycles. The predicted molar refractivity (Wildman–Crippen MR) is 61.9 cm³/mol. The standard InChI is InChI=1S/C11H13N3S/c1-2-13-10(11-14-6-7-15-11)9-4-3-5-12-8-9/h3-8,10,13H,2H2,1H3. The van der Waals surface area contributed by atoms with Crippen molar-refractivity contribution in [1.82, 2.24) is 15.3 Å². The Labute approximate surface area is 93.2 Å². The van der Waals surface area contributed by atoms with Crippen molar-refractivity contribution in [3.05, 3.63) is 46.7 Å². The van der Waals surface area contributed by atoms with Crippen LogP contribution in [0.25, 0.3) is 0 Å². The van der Waals surface area contributed by atoms with Crippen molar-refractivity contribution in [1.29, 1.82) is 0 Å². The Hall–Kier alpha value is -1.26. The minimum Gasteiger partial charge on any atom is -0.304 e. The maximum Gasteiger partial charge on any atom is 0.114 e. The van der Waals surface area contributed by atoms with Crippen molar-refractivity contribution < 1.29 is 0 Å². The molecule has 0 bridgehead atoms. The summed E-state index contributed by atoms with van der Waals surface area (Å²) in [6, 6.07) is 4.19. The molecular formula is C11H13N3S. The molecule has 0 saturated carbocycles. The van der Waals surface area contributed by atoms with Crippen molar-refractivity contribution in [2.24, 2.45) is 0 Å². The summed E-state index contributed by atoms with van der Waals surface area (Å²) in [5.74, 6) is 0. The van der Waals surface area contributed by atoms with Crippen molar-refractivity contribution in [3.63, 3.8) is 0 Å². The maximum atomic E-state index is 4.34. The fourth-order valence-electron chi connectivity index (χ4n) is 1.48. The van der Waals surface area contributed by atoms with E-state index < -0.39 is 0 Å². The second kappa shape index (κ2) is 5.00. The van der Waals surface area contributed by atoms with Crippen LogP contribution in [0.4, 0.5) is 0 Å². The van der Waals surface area contributed by atoms with Crippen molar-refractivity contribution in [2.45, 2.75) is 13.0 Å². The molecule has 0 spiro atoms. The molecule has 2 aromatic rings. The van der Waals surface area contributed by atoms with Gasteiger partial charge in [-0.1, -0.05) is 13.0 Å². The lowest BCUT2D eigenvalue weighted by molar-refractivity contribution is 0.625. The number of pyridine rings is 1. The highest BCUT2D eigenvalue weighted by Crippen LogP contribution is 2.22. The maximum absolute atomic E-state index is 4.34. The van der Waals surface area contributed by atoms with Gasteiger partial charge in [0, 0.05) is 24.0 Å². The summed E-state index contributed by atoms with van der Waals surface area (Å²) in [4.78, 5) is 8.47. The molecule has 3 nitrogen and oxygen atoms in total. The highest BCUT2D eigenvalue weighted by Gasteiger charge is 2.14. The van der Waals surface area contributed by atoms with Crippen LogP contribution in [0.5, 0.6) is 0 Å². The van der Waals surface area contributed by atoms with E-state index in [1.165, 1.54) is 0 Å². The van der Waals surface area contributed by atoms with Gasteiger partial charge in [0.05, 0.1) is 6.04 Å². The van der Waals surface area contributed by atoms with Crippen molar-refractivity contribution in [2.75, 3.05) is 6.54 Å². The molecule has 1 unspecified atom stereocenters. The summed E-state index contributed by atoms with van der Waals surface area (Å²) >= 11 is 1.66. The Morgan fingerprint density at radius 2 is 2.40 bits per heavy atom. The van der Waals surface area contributed by atoms with Crippen LogP contribution < -0.4 is 5.32 Å². The molecule has 2 heterocycles. The first-order chi connectivity index (χ1) is 7.42. The van der Waals surface area contributed by atoms with E-state index in [2.05, 4.69) is 28.3 Å². The molecule has 15 heavy (non-hydrogen) atoms.